The Morgan fingerprint density at radius 1 is 1.44 bits per heavy atom. The highest BCUT2D eigenvalue weighted by Gasteiger charge is 2.27. The Bertz CT molecular complexity index is 735. The fourth-order valence-electron chi connectivity index (χ4n) is 3.18. The van der Waals surface area contributed by atoms with Crippen LogP contribution in [0.4, 0.5) is 0 Å². The number of aromatic nitrogens is 1. The molecular formula is C20H26N2O3. The Morgan fingerprint density at radius 2 is 2.16 bits per heavy atom. The van der Waals surface area contributed by atoms with Crippen molar-refractivity contribution >= 4 is 17.8 Å². The Morgan fingerprint density at radius 3 is 2.76 bits per heavy atom. The molecule has 0 unspecified atom stereocenters. The van der Waals surface area contributed by atoms with Gasteiger partial charge in [-0.2, -0.15) is 5.26 Å². The van der Waals surface area contributed by atoms with Crippen LogP contribution in [0, 0.1) is 31.1 Å². The monoisotopic (exact) mass is 342 g/mol. The first-order valence-electron chi connectivity index (χ1n) is 8.85. The number of ketones is 1. The Labute approximate surface area is 149 Å². The minimum absolute atomic E-state index is 0.0491. The van der Waals surface area contributed by atoms with Gasteiger partial charge in [0, 0.05) is 24.4 Å². The van der Waals surface area contributed by atoms with Crippen molar-refractivity contribution in [1.29, 1.82) is 5.26 Å². The van der Waals surface area contributed by atoms with E-state index in [4.69, 9.17) is 4.74 Å². The zero-order valence-electron chi connectivity index (χ0n) is 15.5. The molecule has 0 bridgehead atoms. The second-order valence-electron chi connectivity index (χ2n) is 7.11. The van der Waals surface area contributed by atoms with Crippen molar-refractivity contribution in [2.45, 2.75) is 66.0 Å². The van der Waals surface area contributed by atoms with E-state index in [0.717, 1.165) is 36.3 Å². The smallest absolute Gasteiger partial charge is 0.349 e. The third-order valence-corrected chi connectivity index (χ3v) is 4.55. The molecule has 0 radical (unpaired) electrons. The van der Waals surface area contributed by atoms with Crippen molar-refractivity contribution in [2.75, 3.05) is 0 Å². The molecule has 0 saturated heterocycles. The quantitative estimate of drug-likeness (QED) is 0.464. The van der Waals surface area contributed by atoms with E-state index in [1.165, 1.54) is 0 Å². The van der Waals surface area contributed by atoms with E-state index in [9.17, 15) is 14.9 Å². The Kier molecular flexibility index (Phi) is 6.19. The van der Waals surface area contributed by atoms with Gasteiger partial charge in [0.1, 0.15) is 11.6 Å². The predicted molar refractivity (Wildman–Crippen MR) is 95.7 cm³/mol. The first-order valence-corrected chi connectivity index (χ1v) is 8.85. The number of ether oxygens (including phenoxy) is 1. The molecule has 0 spiro atoms. The number of hydrogen-bond acceptors (Lipinski definition) is 4. The molecule has 1 aromatic heterocycles. The van der Waals surface area contributed by atoms with E-state index < -0.39 is 12.1 Å². The molecule has 25 heavy (non-hydrogen) atoms. The van der Waals surface area contributed by atoms with E-state index in [1.54, 1.807) is 6.08 Å². The van der Waals surface area contributed by atoms with Crippen LogP contribution < -0.4 is 0 Å². The number of hydrogen-bond donors (Lipinski definition) is 0. The SMILES string of the molecule is Cc1cc(/C=C(\C#N)C(=O)O[C@H]2CCCCC2=O)c(C)n1CC(C)C. The third kappa shape index (κ3) is 4.60. The fraction of sp³-hybridized carbons (Fsp3) is 0.550. The van der Waals surface area contributed by atoms with Crippen LogP contribution in [0.25, 0.3) is 6.08 Å². The number of esters is 1. The first kappa shape index (κ1) is 19.0. The van der Waals surface area contributed by atoms with E-state index in [-0.39, 0.29) is 11.4 Å². The molecule has 1 fully saturated rings. The van der Waals surface area contributed by atoms with E-state index in [0.29, 0.717) is 18.8 Å². The molecule has 1 aliphatic carbocycles. The second-order valence-corrected chi connectivity index (χ2v) is 7.11. The lowest BCUT2D eigenvalue weighted by molar-refractivity contribution is -0.152. The van der Waals surface area contributed by atoms with E-state index in [2.05, 4.69) is 18.4 Å². The van der Waals surface area contributed by atoms with E-state index in [1.807, 2.05) is 26.0 Å². The molecule has 5 nitrogen and oxygen atoms in total. The first-order chi connectivity index (χ1) is 11.8. The van der Waals surface area contributed by atoms with Gasteiger partial charge >= 0.3 is 5.97 Å². The minimum Gasteiger partial charge on any atom is -0.450 e. The zero-order valence-corrected chi connectivity index (χ0v) is 15.5. The van der Waals surface area contributed by atoms with Gasteiger partial charge in [0.2, 0.25) is 0 Å². The molecular weight excluding hydrogens is 316 g/mol. The summed E-state index contributed by atoms with van der Waals surface area (Å²) in [5.41, 5.74) is 2.87. The minimum atomic E-state index is -0.712. The van der Waals surface area contributed by atoms with Crippen LogP contribution in [0.15, 0.2) is 11.6 Å². The lowest BCUT2D eigenvalue weighted by Crippen LogP contribution is -2.30. The highest BCUT2D eigenvalue weighted by Crippen LogP contribution is 2.22. The predicted octanol–water partition coefficient (Wildman–Crippen LogP) is 3.72. The molecule has 1 saturated carbocycles. The largest absolute Gasteiger partial charge is 0.450 e. The molecule has 1 aliphatic rings. The molecule has 1 atom stereocenters. The van der Waals surface area contributed by atoms with Crippen LogP contribution in [0.1, 0.15) is 56.5 Å². The molecule has 0 N–H and O–H groups in total. The molecule has 1 heterocycles. The zero-order chi connectivity index (χ0) is 18.6. The average Bonchev–Trinajstić information content (AvgIpc) is 2.81. The van der Waals surface area contributed by atoms with Crippen LogP contribution in [0.3, 0.4) is 0 Å². The van der Waals surface area contributed by atoms with Crippen molar-refractivity contribution in [2.24, 2.45) is 5.92 Å². The maximum absolute atomic E-state index is 12.3. The molecule has 2 rings (SSSR count). The van der Waals surface area contributed by atoms with Crippen LogP contribution in [-0.4, -0.2) is 22.4 Å². The Hall–Kier alpha value is -2.35. The lowest BCUT2D eigenvalue weighted by Gasteiger charge is -2.20. The highest BCUT2D eigenvalue weighted by molar-refractivity contribution is 5.99. The van der Waals surface area contributed by atoms with Gasteiger partial charge < -0.3 is 9.30 Å². The highest BCUT2D eigenvalue weighted by atomic mass is 16.5. The number of aryl methyl sites for hydroxylation is 1. The summed E-state index contributed by atoms with van der Waals surface area (Å²) >= 11 is 0. The lowest BCUT2D eigenvalue weighted by atomic mass is 9.96. The summed E-state index contributed by atoms with van der Waals surface area (Å²) in [4.78, 5) is 24.1. The van der Waals surface area contributed by atoms with Crippen molar-refractivity contribution in [3.05, 3.63) is 28.6 Å². The maximum atomic E-state index is 12.3. The van der Waals surface area contributed by atoms with Gasteiger partial charge in [-0.15, -0.1) is 0 Å². The van der Waals surface area contributed by atoms with Crippen molar-refractivity contribution in [3.8, 4) is 6.07 Å². The molecule has 1 aromatic rings. The molecule has 0 aromatic carbocycles. The average molecular weight is 342 g/mol. The van der Waals surface area contributed by atoms with Crippen molar-refractivity contribution in [3.63, 3.8) is 0 Å². The summed E-state index contributed by atoms with van der Waals surface area (Å²) in [7, 11) is 0. The summed E-state index contributed by atoms with van der Waals surface area (Å²) in [6.07, 6.45) is 3.56. The summed E-state index contributed by atoms with van der Waals surface area (Å²) in [5, 5.41) is 9.35. The second kappa shape index (κ2) is 8.15. The topological polar surface area (TPSA) is 72.1 Å². The van der Waals surface area contributed by atoms with Gasteiger partial charge in [-0.1, -0.05) is 13.8 Å². The number of nitrogens with zero attached hydrogens (tertiary/aromatic N) is 2. The molecule has 0 amide bonds. The molecule has 5 heteroatoms. The van der Waals surface area contributed by atoms with Gasteiger partial charge in [-0.05, 0) is 56.7 Å². The van der Waals surface area contributed by atoms with Gasteiger partial charge in [-0.3, -0.25) is 4.79 Å². The summed E-state index contributed by atoms with van der Waals surface area (Å²) in [5.74, 6) is -0.261. The van der Waals surface area contributed by atoms with Gasteiger partial charge in [0.15, 0.2) is 11.9 Å². The van der Waals surface area contributed by atoms with Crippen LogP contribution in [-0.2, 0) is 20.9 Å². The number of carbonyl (C=O) groups excluding carboxylic acids is 2. The van der Waals surface area contributed by atoms with Gasteiger partial charge in [0.25, 0.3) is 0 Å². The number of rotatable bonds is 5. The van der Waals surface area contributed by atoms with Crippen LogP contribution in [0.2, 0.25) is 0 Å². The number of nitriles is 1. The molecule has 134 valence electrons. The Balaban J connectivity index is 2.21. The van der Waals surface area contributed by atoms with Crippen LogP contribution >= 0.6 is 0 Å². The summed E-state index contributed by atoms with van der Waals surface area (Å²) in [6.45, 7) is 9.17. The fourth-order valence-corrected chi connectivity index (χ4v) is 3.18. The van der Waals surface area contributed by atoms with Crippen LogP contribution in [0.5, 0.6) is 0 Å². The summed E-state index contributed by atoms with van der Waals surface area (Å²) < 4.78 is 7.47. The van der Waals surface area contributed by atoms with Gasteiger partial charge in [-0.25, -0.2) is 4.79 Å². The third-order valence-electron chi connectivity index (χ3n) is 4.55. The van der Waals surface area contributed by atoms with E-state index >= 15 is 0 Å². The standard InChI is InChI=1S/C20H26N2O3/c1-13(2)12-22-14(3)9-16(15(22)4)10-17(11-21)20(24)25-19-8-6-5-7-18(19)23/h9-10,13,19H,5-8,12H2,1-4H3/b17-10+/t19-/m0/s1. The molecule has 0 aliphatic heterocycles. The van der Waals surface area contributed by atoms with Crippen molar-refractivity contribution in [1.82, 2.24) is 4.57 Å². The van der Waals surface area contributed by atoms with Gasteiger partial charge in [0.05, 0.1) is 0 Å². The number of Topliss-reactive ketones (excluding diaryl/α,β-unsaturated/α-hetero) is 1. The summed E-state index contributed by atoms with van der Waals surface area (Å²) in [6, 6.07) is 3.88. The van der Waals surface area contributed by atoms with Crippen molar-refractivity contribution < 1.29 is 14.3 Å². The maximum Gasteiger partial charge on any atom is 0.349 e. The number of carbonyl (C=O) groups is 2. The normalized spacial score (nSPS) is 18.3.